The molecule has 0 saturated heterocycles. The van der Waals surface area contributed by atoms with Crippen molar-refractivity contribution in [2.75, 3.05) is 6.54 Å². The van der Waals surface area contributed by atoms with Gasteiger partial charge in [0, 0.05) is 41.2 Å². The van der Waals surface area contributed by atoms with Gasteiger partial charge in [0.15, 0.2) is 0 Å². The van der Waals surface area contributed by atoms with Crippen LogP contribution in [0.3, 0.4) is 0 Å². The maximum Gasteiger partial charge on any atom is 0.269 e. The lowest BCUT2D eigenvalue weighted by Gasteiger charge is -2.30. The summed E-state index contributed by atoms with van der Waals surface area (Å²) in [6.07, 6.45) is 0.729. The number of carbonyl (C=O) groups excluding carboxylic acids is 3. The van der Waals surface area contributed by atoms with Gasteiger partial charge in [-0.05, 0) is 51.0 Å². The molecule has 0 spiro atoms. The van der Waals surface area contributed by atoms with Gasteiger partial charge in [0.05, 0.1) is 5.56 Å². The van der Waals surface area contributed by atoms with E-state index in [4.69, 9.17) is 23.2 Å². The van der Waals surface area contributed by atoms with Gasteiger partial charge in [-0.3, -0.25) is 14.4 Å². The zero-order valence-corrected chi connectivity index (χ0v) is 22.7. The number of nitrogens with one attached hydrogen (secondary N) is 1. The molecule has 36 heavy (non-hydrogen) atoms. The van der Waals surface area contributed by atoms with E-state index in [-0.39, 0.29) is 54.2 Å². The Labute approximate surface area is 221 Å². The van der Waals surface area contributed by atoms with Gasteiger partial charge in [0.2, 0.25) is 11.8 Å². The van der Waals surface area contributed by atoms with Crippen molar-refractivity contribution in [3.8, 4) is 0 Å². The molecule has 1 heterocycles. The smallest absolute Gasteiger partial charge is 0.269 e. The summed E-state index contributed by atoms with van der Waals surface area (Å²) in [5.74, 6) is -1.33. The van der Waals surface area contributed by atoms with E-state index in [2.05, 4.69) is 5.32 Å². The first-order valence-electron chi connectivity index (χ1n) is 11.7. The zero-order chi connectivity index (χ0) is 26.6. The second kappa shape index (κ2) is 11.6. The molecule has 1 N–H and O–H groups in total. The highest BCUT2D eigenvalue weighted by atomic mass is 35.5. The number of fused-ring (bicyclic) bond motifs is 1. The van der Waals surface area contributed by atoms with E-state index in [1.165, 1.54) is 17.0 Å². The van der Waals surface area contributed by atoms with Gasteiger partial charge in [0.1, 0.15) is 10.9 Å². The molecule has 2 aromatic rings. The van der Waals surface area contributed by atoms with Crippen LogP contribution < -0.4 is 5.32 Å². The van der Waals surface area contributed by atoms with E-state index in [0.29, 0.717) is 15.6 Å². The summed E-state index contributed by atoms with van der Waals surface area (Å²) >= 11 is 12.6. The number of amides is 3. The molecule has 194 valence electrons. The molecule has 2 atom stereocenters. The number of hydrogen-bond donors (Lipinski definition) is 1. The second-order valence-electron chi connectivity index (χ2n) is 8.70. The summed E-state index contributed by atoms with van der Waals surface area (Å²) in [7, 11) is -3.96. The number of benzene rings is 2. The Morgan fingerprint density at radius 1 is 1.06 bits per heavy atom. The molecule has 1 aliphatic rings. The third kappa shape index (κ3) is 5.85. The predicted octanol–water partition coefficient (Wildman–Crippen LogP) is 4.25. The SMILES string of the molecule is CC[C@H](C)NC(=O)[C@H](C)N(Cc1c(Cl)cccc1Cl)C(=O)CCCN1C(=O)c2ccccc2S1(=O)=O. The monoisotopic (exact) mass is 553 g/mol. The van der Waals surface area contributed by atoms with Gasteiger partial charge in [-0.2, -0.15) is 0 Å². The molecule has 3 rings (SSSR count). The van der Waals surface area contributed by atoms with E-state index in [1.54, 1.807) is 37.3 Å². The van der Waals surface area contributed by atoms with Crippen molar-refractivity contribution in [2.45, 2.75) is 63.6 Å². The summed E-state index contributed by atoms with van der Waals surface area (Å²) in [5.41, 5.74) is 0.624. The van der Waals surface area contributed by atoms with Crippen molar-refractivity contribution >= 4 is 50.9 Å². The van der Waals surface area contributed by atoms with Crippen molar-refractivity contribution in [2.24, 2.45) is 0 Å². The highest BCUT2D eigenvalue weighted by Crippen LogP contribution is 2.30. The summed E-state index contributed by atoms with van der Waals surface area (Å²) in [5, 5.41) is 3.60. The highest BCUT2D eigenvalue weighted by Gasteiger charge is 2.40. The van der Waals surface area contributed by atoms with Crippen LogP contribution in [0, 0.1) is 0 Å². The van der Waals surface area contributed by atoms with Gasteiger partial charge in [-0.15, -0.1) is 0 Å². The summed E-state index contributed by atoms with van der Waals surface area (Å²) < 4.78 is 26.3. The molecule has 1 aliphatic heterocycles. The van der Waals surface area contributed by atoms with Gasteiger partial charge in [0.25, 0.3) is 15.9 Å². The average molecular weight is 554 g/mol. The van der Waals surface area contributed by atoms with Crippen molar-refractivity contribution < 1.29 is 22.8 Å². The number of halogens is 2. The van der Waals surface area contributed by atoms with Crippen molar-refractivity contribution in [3.05, 3.63) is 63.6 Å². The highest BCUT2D eigenvalue weighted by molar-refractivity contribution is 7.90. The van der Waals surface area contributed by atoms with Crippen LogP contribution in [0.1, 0.15) is 56.0 Å². The minimum absolute atomic E-state index is 0.00117. The third-order valence-electron chi connectivity index (χ3n) is 6.22. The minimum Gasteiger partial charge on any atom is -0.352 e. The van der Waals surface area contributed by atoms with E-state index < -0.39 is 22.0 Å². The third-order valence-corrected chi connectivity index (χ3v) is 8.77. The standard InChI is InChI=1S/C25H29Cl2N3O5S/c1-4-16(2)28-24(32)17(3)29(15-19-20(26)10-7-11-21(19)27)23(31)13-8-14-30-25(33)18-9-5-6-12-22(18)36(30,34)35/h5-7,9-12,16-17H,4,8,13-15H2,1-3H3,(H,28,32)/t16-,17-/m0/s1. The Kier molecular flexibility index (Phi) is 9.03. The van der Waals surface area contributed by atoms with E-state index in [0.717, 1.165) is 10.7 Å². The van der Waals surface area contributed by atoms with Gasteiger partial charge < -0.3 is 10.2 Å². The fourth-order valence-electron chi connectivity index (χ4n) is 3.87. The minimum atomic E-state index is -3.96. The van der Waals surface area contributed by atoms with Crippen LogP contribution in [0.4, 0.5) is 0 Å². The van der Waals surface area contributed by atoms with Crippen LogP contribution in [0.15, 0.2) is 47.4 Å². The molecular formula is C25H29Cl2N3O5S. The topological polar surface area (TPSA) is 104 Å². The van der Waals surface area contributed by atoms with E-state index >= 15 is 0 Å². The lowest BCUT2D eigenvalue weighted by molar-refractivity contribution is -0.141. The molecule has 8 nitrogen and oxygen atoms in total. The molecule has 0 aromatic heterocycles. The van der Waals surface area contributed by atoms with Gasteiger partial charge >= 0.3 is 0 Å². The lowest BCUT2D eigenvalue weighted by Crippen LogP contribution is -2.49. The van der Waals surface area contributed by atoms with Gasteiger partial charge in [-0.1, -0.05) is 48.3 Å². The molecule has 2 aromatic carbocycles. The summed E-state index contributed by atoms with van der Waals surface area (Å²) in [6, 6.07) is 10.1. The summed E-state index contributed by atoms with van der Waals surface area (Å²) in [6.45, 7) is 5.27. The van der Waals surface area contributed by atoms with Crippen LogP contribution in [-0.2, 0) is 26.2 Å². The Bertz CT molecular complexity index is 1250. The molecule has 0 saturated carbocycles. The average Bonchev–Trinajstić information content (AvgIpc) is 3.03. The molecule has 0 bridgehead atoms. The predicted molar refractivity (Wildman–Crippen MR) is 138 cm³/mol. The molecular weight excluding hydrogens is 525 g/mol. The Morgan fingerprint density at radius 3 is 2.31 bits per heavy atom. The quantitative estimate of drug-likeness (QED) is 0.473. The van der Waals surface area contributed by atoms with Crippen LogP contribution in [0.25, 0.3) is 0 Å². The molecule has 0 fully saturated rings. The molecule has 0 aliphatic carbocycles. The van der Waals surface area contributed by atoms with Crippen molar-refractivity contribution in [3.63, 3.8) is 0 Å². The maximum atomic E-state index is 13.3. The lowest BCUT2D eigenvalue weighted by atomic mass is 10.1. The second-order valence-corrected chi connectivity index (χ2v) is 11.3. The zero-order valence-electron chi connectivity index (χ0n) is 20.3. The van der Waals surface area contributed by atoms with Crippen molar-refractivity contribution in [1.82, 2.24) is 14.5 Å². The number of rotatable bonds is 10. The van der Waals surface area contributed by atoms with Crippen LogP contribution in [0.2, 0.25) is 10.0 Å². The summed E-state index contributed by atoms with van der Waals surface area (Å²) in [4.78, 5) is 40.1. The largest absolute Gasteiger partial charge is 0.352 e. The molecule has 0 unspecified atom stereocenters. The number of sulfonamides is 1. The van der Waals surface area contributed by atoms with Crippen LogP contribution in [0.5, 0.6) is 0 Å². The Morgan fingerprint density at radius 2 is 1.69 bits per heavy atom. The number of nitrogens with zero attached hydrogens (tertiary/aromatic N) is 2. The fraction of sp³-hybridized carbons (Fsp3) is 0.400. The number of hydrogen-bond acceptors (Lipinski definition) is 5. The van der Waals surface area contributed by atoms with Gasteiger partial charge in [-0.25, -0.2) is 12.7 Å². The Balaban J connectivity index is 1.76. The Hall–Kier alpha value is -2.62. The van der Waals surface area contributed by atoms with E-state index in [9.17, 15) is 22.8 Å². The van der Waals surface area contributed by atoms with Crippen LogP contribution in [-0.4, -0.2) is 54.0 Å². The normalized spacial score (nSPS) is 15.8. The molecule has 3 amide bonds. The van der Waals surface area contributed by atoms with Crippen molar-refractivity contribution in [1.29, 1.82) is 0 Å². The first kappa shape index (κ1) is 28.0. The number of carbonyl (C=O) groups is 3. The molecule has 11 heteroatoms. The fourth-order valence-corrected chi connectivity index (χ4v) is 6.00. The first-order valence-corrected chi connectivity index (χ1v) is 13.9. The van der Waals surface area contributed by atoms with E-state index in [1.807, 2.05) is 13.8 Å². The van der Waals surface area contributed by atoms with Crippen LogP contribution >= 0.6 is 23.2 Å². The molecule has 0 radical (unpaired) electrons. The maximum absolute atomic E-state index is 13.3. The first-order chi connectivity index (χ1) is 17.0.